The largest absolute Gasteiger partial charge is 0.508 e. The van der Waals surface area contributed by atoms with Crippen LogP contribution in [-0.2, 0) is 9.59 Å². The van der Waals surface area contributed by atoms with Gasteiger partial charge in [0, 0.05) is 11.3 Å². The lowest BCUT2D eigenvalue weighted by Gasteiger charge is -2.10. The molecule has 0 radical (unpaired) electrons. The van der Waals surface area contributed by atoms with Gasteiger partial charge in [0.05, 0.1) is 4.91 Å². The minimum absolute atomic E-state index is 0.116. The fraction of sp³-hybridized carbons (Fsp3) is 0.0556. The van der Waals surface area contributed by atoms with Crippen molar-refractivity contribution in [2.45, 2.75) is 0 Å². The summed E-state index contributed by atoms with van der Waals surface area (Å²) in [5, 5.41) is 12.1. The van der Waals surface area contributed by atoms with Crippen LogP contribution in [-0.4, -0.2) is 28.7 Å². The van der Waals surface area contributed by atoms with Gasteiger partial charge in [-0.15, -0.1) is 0 Å². The van der Waals surface area contributed by atoms with Crippen molar-refractivity contribution in [1.29, 1.82) is 0 Å². The summed E-state index contributed by atoms with van der Waals surface area (Å²) in [4.78, 5) is 27.8. The molecule has 1 aliphatic rings. The van der Waals surface area contributed by atoms with Crippen molar-refractivity contribution >= 4 is 40.5 Å². The van der Waals surface area contributed by atoms with E-state index < -0.39 is 5.91 Å². The van der Waals surface area contributed by atoms with E-state index in [1.165, 1.54) is 12.1 Å². The van der Waals surface area contributed by atoms with Crippen LogP contribution in [0.15, 0.2) is 58.4 Å². The van der Waals surface area contributed by atoms with E-state index in [1.54, 1.807) is 42.5 Å². The topological polar surface area (TPSA) is 114 Å². The number of amidine groups is 1. The molecule has 0 saturated carbocycles. The Morgan fingerprint density at radius 2 is 1.96 bits per heavy atom. The predicted octanol–water partition coefficient (Wildman–Crippen LogP) is 2.34. The highest BCUT2D eigenvalue weighted by Crippen LogP contribution is 2.29. The first-order valence-electron chi connectivity index (χ1n) is 7.60. The fourth-order valence-electron chi connectivity index (χ4n) is 2.18. The van der Waals surface area contributed by atoms with Crippen molar-refractivity contribution in [3.8, 4) is 11.5 Å². The smallest absolute Gasteiger partial charge is 0.286 e. The number of carbonyl (C=O) groups is 2. The van der Waals surface area contributed by atoms with E-state index in [4.69, 9.17) is 10.5 Å². The number of nitrogens with two attached hydrogens (primary N) is 1. The molecule has 0 aromatic heterocycles. The number of nitrogens with one attached hydrogen (secondary N) is 1. The molecule has 4 N–H and O–H groups in total. The van der Waals surface area contributed by atoms with E-state index in [0.29, 0.717) is 21.9 Å². The quantitative estimate of drug-likeness (QED) is 0.551. The molecule has 3 rings (SSSR count). The zero-order valence-electron chi connectivity index (χ0n) is 13.5. The van der Waals surface area contributed by atoms with Crippen LogP contribution in [0.25, 0.3) is 6.08 Å². The summed E-state index contributed by atoms with van der Waals surface area (Å²) in [5.41, 5.74) is 6.73. The minimum atomic E-state index is -0.396. The van der Waals surface area contributed by atoms with E-state index in [-0.39, 0.29) is 23.4 Å². The lowest BCUT2D eigenvalue weighted by molar-refractivity contribution is -0.118. The number of anilines is 1. The first-order chi connectivity index (χ1) is 12.5. The van der Waals surface area contributed by atoms with E-state index in [9.17, 15) is 14.7 Å². The lowest BCUT2D eigenvalue weighted by atomic mass is 10.2. The molecule has 132 valence electrons. The Kier molecular flexibility index (Phi) is 5.23. The molecule has 0 aliphatic carbocycles. The highest BCUT2D eigenvalue weighted by molar-refractivity contribution is 8.18. The molecule has 0 fully saturated rings. The number of aliphatic imine (C=N–C) groups is 1. The van der Waals surface area contributed by atoms with Crippen LogP contribution in [0.3, 0.4) is 0 Å². The third-order valence-corrected chi connectivity index (χ3v) is 4.17. The van der Waals surface area contributed by atoms with Gasteiger partial charge in [0.25, 0.3) is 11.8 Å². The van der Waals surface area contributed by atoms with Crippen LogP contribution in [0.1, 0.15) is 5.56 Å². The van der Waals surface area contributed by atoms with Gasteiger partial charge >= 0.3 is 0 Å². The number of rotatable bonds is 5. The zero-order valence-corrected chi connectivity index (χ0v) is 14.3. The number of hydrogen-bond donors (Lipinski definition) is 3. The number of amides is 2. The number of ether oxygens (including phenoxy) is 1. The highest BCUT2D eigenvalue weighted by Gasteiger charge is 2.20. The second kappa shape index (κ2) is 7.75. The molecular weight excluding hydrogens is 354 g/mol. The Balaban J connectivity index is 1.65. The first kappa shape index (κ1) is 17.6. The lowest BCUT2D eigenvalue weighted by Crippen LogP contribution is -2.20. The Morgan fingerprint density at radius 1 is 1.23 bits per heavy atom. The summed E-state index contributed by atoms with van der Waals surface area (Å²) in [5.74, 6) is -0.172. The van der Waals surface area contributed by atoms with E-state index in [0.717, 1.165) is 11.8 Å². The van der Waals surface area contributed by atoms with Crippen LogP contribution in [0.4, 0.5) is 5.69 Å². The Hall–Kier alpha value is -3.26. The molecule has 26 heavy (non-hydrogen) atoms. The molecule has 0 atom stereocenters. The van der Waals surface area contributed by atoms with Crippen molar-refractivity contribution in [2.75, 3.05) is 11.9 Å². The molecular formula is C18H15N3O4S. The molecule has 0 unspecified atom stereocenters. The van der Waals surface area contributed by atoms with Crippen molar-refractivity contribution in [3.63, 3.8) is 0 Å². The Morgan fingerprint density at radius 3 is 2.65 bits per heavy atom. The number of para-hydroxylation sites is 1. The third kappa shape index (κ3) is 4.42. The maximum absolute atomic E-state index is 12.0. The Labute approximate surface area is 153 Å². The number of phenolic OH excluding ortho intramolecular Hbond substituents is 1. The summed E-state index contributed by atoms with van der Waals surface area (Å²) in [6.45, 7) is -0.208. The van der Waals surface area contributed by atoms with Gasteiger partial charge in [0.15, 0.2) is 11.8 Å². The number of benzene rings is 2. The van der Waals surface area contributed by atoms with Crippen LogP contribution in [0.5, 0.6) is 11.5 Å². The molecule has 1 aliphatic heterocycles. The van der Waals surface area contributed by atoms with Crippen molar-refractivity contribution in [2.24, 2.45) is 10.7 Å². The predicted molar refractivity (Wildman–Crippen MR) is 101 cm³/mol. The Bertz CT molecular complexity index is 907. The molecule has 2 aromatic carbocycles. The summed E-state index contributed by atoms with van der Waals surface area (Å²) in [6, 6.07) is 13.1. The summed E-state index contributed by atoms with van der Waals surface area (Å²) in [7, 11) is 0. The number of nitrogens with zero attached hydrogens (tertiary/aromatic N) is 1. The molecule has 8 heteroatoms. The zero-order chi connectivity index (χ0) is 18.5. The maximum atomic E-state index is 12.0. The molecule has 0 saturated heterocycles. The first-order valence-corrected chi connectivity index (χ1v) is 8.41. The van der Waals surface area contributed by atoms with Crippen molar-refractivity contribution in [1.82, 2.24) is 0 Å². The van der Waals surface area contributed by atoms with E-state index >= 15 is 0 Å². The highest BCUT2D eigenvalue weighted by atomic mass is 32.2. The number of aromatic hydroxyl groups is 1. The van der Waals surface area contributed by atoms with Crippen molar-refractivity contribution < 1.29 is 19.4 Å². The van der Waals surface area contributed by atoms with Crippen LogP contribution < -0.4 is 15.8 Å². The minimum Gasteiger partial charge on any atom is -0.508 e. The summed E-state index contributed by atoms with van der Waals surface area (Å²) < 4.78 is 5.57. The average molecular weight is 369 g/mol. The molecule has 0 spiro atoms. The van der Waals surface area contributed by atoms with Crippen LogP contribution >= 0.6 is 11.8 Å². The SMILES string of the molecule is NC1=NC(=O)/C(=C/c2ccccc2OCC(=O)Nc2ccc(O)cc2)S1. The number of thioether (sulfide) groups is 1. The standard InChI is InChI=1S/C18H15N3O4S/c19-18-21-17(24)15(26-18)9-11-3-1-2-4-14(11)25-10-16(23)20-12-5-7-13(22)8-6-12/h1-9,22H,10H2,(H,20,23)(H2,19,21,24)/b15-9-. The number of hydrogen-bond acceptors (Lipinski definition) is 6. The van der Waals surface area contributed by atoms with Gasteiger partial charge in [-0.05, 0) is 48.2 Å². The summed E-state index contributed by atoms with van der Waals surface area (Å²) >= 11 is 1.09. The van der Waals surface area contributed by atoms with Gasteiger partial charge in [0.1, 0.15) is 11.5 Å². The fourth-order valence-corrected chi connectivity index (χ4v) is 2.86. The number of phenols is 1. The summed E-state index contributed by atoms with van der Waals surface area (Å²) in [6.07, 6.45) is 1.63. The van der Waals surface area contributed by atoms with Crippen LogP contribution in [0, 0.1) is 0 Å². The monoisotopic (exact) mass is 369 g/mol. The van der Waals surface area contributed by atoms with Gasteiger partial charge in [-0.3, -0.25) is 9.59 Å². The number of carbonyl (C=O) groups excluding carboxylic acids is 2. The van der Waals surface area contributed by atoms with E-state index in [2.05, 4.69) is 10.3 Å². The average Bonchev–Trinajstić information content (AvgIpc) is 2.93. The van der Waals surface area contributed by atoms with E-state index in [1.807, 2.05) is 0 Å². The van der Waals surface area contributed by atoms with Crippen LogP contribution in [0.2, 0.25) is 0 Å². The van der Waals surface area contributed by atoms with Gasteiger partial charge < -0.3 is 20.9 Å². The molecule has 1 heterocycles. The molecule has 2 amide bonds. The van der Waals surface area contributed by atoms with Gasteiger partial charge in [-0.25, -0.2) is 0 Å². The normalized spacial score (nSPS) is 15.0. The van der Waals surface area contributed by atoms with Crippen molar-refractivity contribution in [3.05, 3.63) is 59.0 Å². The maximum Gasteiger partial charge on any atom is 0.286 e. The second-order valence-electron chi connectivity index (χ2n) is 5.29. The third-order valence-electron chi connectivity index (χ3n) is 3.35. The second-order valence-corrected chi connectivity index (χ2v) is 6.35. The van der Waals surface area contributed by atoms with Gasteiger partial charge in [-0.1, -0.05) is 18.2 Å². The van der Waals surface area contributed by atoms with Gasteiger partial charge in [0.2, 0.25) is 0 Å². The van der Waals surface area contributed by atoms with Gasteiger partial charge in [-0.2, -0.15) is 4.99 Å². The molecule has 0 bridgehead atoms. The molecule has 2 aromatic rings. The molecule has 7 nitrogen and oxygen atoms in total.